The zero-order valence-electron chi connectivity index (χ0n) is 15.3. The van der Waals surface area contributed by atoms with Gasteiger partial charge in [0.2, 0.25) is 5.91 Å². The molecule has 1 N–H and O–H groups in total. The molecular weight excluding hydrogens is 296 g/mol. The molecule has 1 aliphatic carbocycles. The van der Waals surface area contributed by atoms with Crippen LogP contribution in [0.1, 0.15) is 57.9 Å². The maximum Gasteiger partial charge on any atom is 0.224 e. The number of benzene rings is 1. The molecule has 0 heterocycles. The largest absolute Gasteiger partial charge is 0.336 e. The lowest BCUT2D eigenvalue weighted by Crippen LogP contribution is -2.38. The molecule has 3 heteroatoms. The summed E-state index contributed by atoms with van der Waals surface area (Å²) in [6, 6.07) is 10.5. The second-order valence-corrected chi connectivity index (χ2v) is 6.96. The van der Waals surface area contributed by atoms with Gasteiger partial charge < -0.3 is 10.2 Å². The average molecular weight is 329 g/mol. The molecule has 0 saturated carbocycles. The van der Waals surface area contributed by atoms with E-state index in [0.717, 1.165) is 19.5 Å². The molecule has 0 fully saturated rings. The minimum Gasteiger partial charge on any atom is -0.336 e. The summed E-state index contributed by atoms with van der Waals surface area (Å²) in [5.41, 5.74) is 2.78. The smallest absolute Gasteiger partial charge is 0.224 e. The minimum atomic E-state index is 0.227. The van der Waals surface area contributed by atoms with Crippen LogP contribution >= 0.6 is 0 Å². The molecule has 0 radical (unpaired) electrons. The third-order valence-electron chi connectivity index (χ3n) is 4.66. The summed E-state index contributed by atoms with van der Waals surface area (Å²) >= 11 is 0. The van der Waals surface area contributed by atoms with Gasteiger partial charge >= 0.3 is 0 Å². The molecule has 1 aromatic rings. The zero-order valence-corrected chi connectivity index (χ0v) is 15.3. The maximum absolute atomic E-state index is 12.5. The third kappa shape index (κ3) is 6.48. The Morgan fingerprint density at radius 2 is 1.96 bits per heavy atom. The Morgan fingerprint density at radius 1 is 1.17 bits per heavy atom. The number of hydrogen-bond acceptors (Lipinski definition) is 2. The molecule has 0 unspecified atom stereocenters. The van der Waals surface area contributed by atoms with Crippen molar-refractivity contribution in [3.8, 4) is 0 Å². The van der Waals surface area contributed by atoms with Crippen LogP contribution in [0, 0.1) is 0 Å². The van der Waals surface area contributed by atoms with Crippen LogP contribution in [-0.2, 0) is 11.3 Å². The van der Waals surface area contributed by atoms with E-state index in [1.807, 2.05) is 23.1 Å². The van der Waals surface area contributed by atoms with Gasteiger partial charge in [-0.2, -0.15) is 0 Å². The monoisotopic (exact) mass is 328 g/mol. The van der Waals surface area contributed by atoms with Gasteiger partial charge in [0.05, 0.1) is 0 Å². The number of nitrogens with zero attached hydrogens (tertiary/aromatic N) is 1. The van der Waals surface area contributed by atoms with E-state index in [9.17, 15) is 4.79 Å². The summed E-state index contributed by atoms with van der Waals surface area (Å²) in [6.07, 6.45) is 9.30. The van der Waals surface area contributed by atoms with Crippen molar-refractivity contribution in [3.05, 3.63) is 47.5 Å². The number of nitrogens with one attached hydrogen (secondary N) is 1. The van der Waals surface area contributed by atoms with E-state index in [1.54, 1.807) is 5.57 Å². The lowest BCUT2D eigenvalue weighted by molar-refractivity contribution is -0.133. The summed E-state index contributed by atoms with van der Waals surface area (Å²) in [4.78, 5) is 14.5. The molecule has 1 aromatic carbocycles. The lowest BCUT2D eigenvalue weighted by atomic mass is 9.97. The number of amides is 1. The fraction of sp³-hybridized carbons (Fsp3) is 0.571. The van der Waals surface area contributed by atoms with Gasteiger partial charge in [-0.05, 0) is 58.1 Å². The van der Waals surface area contributed by atoms with Crippen molar-refractivity contribution in [1.29, 1.82) is 0 Å². The van der Waals surface area contributed by atoms with Crippen molar-refractivity contribution >= 4 is 5.91 Å². The summed E-state index contributed by atoms with van der Waals surface area (Å²) < 4.78 is 0. The van der Waals surface area contributed by atoms with E-state index < -0.39 is 0 Å². The minimum absolute atomic E-state index is 0.227. The first-order valence-corrected chi connectivity index (χ1v) is 9.39. The Bertz CT molecular complexity index is 522. The molecule has 1 amide bonds. The fourth-order valence-electron chi connectivity index (χ4n) is 3.18. The molecule has 24 heavy (non-hydrogen) atoms. The van der Waals surface area contributed by atoms with Crippen LogP contribution in [0.4, 0.5) is 0 Å². The number of carbonyl (C=O) groups excluding carboxylic acids is 1. The molecule has 0 saturated heterocycles. The topological polar surface area (TPSA) is 32.3 Å². The van der Waals surface area contributed by atoms with Gasteiger partial charge in [0.25, 0.3) is 0 Å². The highest BCUT2D eigenvalue weighted by Crippen LogP contribution is 2.19. The van der Waals surface area contributed by atoms with Gasteiger partial charge in [0.1, 0.15) is 0 Å². The SMILES string of the molecule is CC(C)N(Cc1ccccc1)C(=O)CCNCCC1=CCCCC1. The fourth-order valence-corrected chi connectivity index (χ4v) is 3.18. The second-order valence-electron chi connectivity index (χ2n) is 6.96. The zero-order chi connectivity index (χ0) is 17.2. The van der Waals surface area contributed by atoms with Crippen molar-refractivity contribution < 1.29 is 4.79 Å². The van der Waals surface area contributed by atoms with Gasteiger partial charge in [-0.15, -0.1) is 0 Å². The van der Waals surface area contributed by atoms with Crippen molar-refractivity contribution in [2.24, 2.45) is 0 Å². The standard InChI is InChI=1S/C21H32N2O/c1-18(2)23(17-20-11-7-4-8-12-20)21(24)14-16-22-15-13-19-9-5-3-6-10-19/h4,7-9,11-12,18,22H,3,5-6,10,13-17H2,1-2H3. The van der Waals surface area contributed by atoms with Crippen molar-refractivity contribution in [2.45, 2.75) is 65.0 Å². The Kier molecular flexibility index (Phi) is 8.03. The quantitative estimate of drug-likeness (QED) is 0.541. The summed E-state index contributed by atoms with van der Waals surface area (Å²) in [7, 11) is 0. The van der Waals surface area contributed by atoms with Crippen LogP contribution in [0.25, 0.3) is 0 Å². The highest BCUT2D eigenvalue weighted by molar-refractivity contribution is 5.76. The van der Waals surface area contributed by atoms with Gasteiger partial charge in [-0.3, -0.25) is 4.79 Å². The molecule has 0 bridgehead atoms. The summed E-state index contributed by atoms with van der Waals surface area (Å²) in [5, 5.41) is 3.43. The van der Waals surface area contributed by atoms with Crippen LogP contribution in [0.2, 0.25) is 0 Å². The highest BCUT2D eigenvalue weighted by atomic mass is 16.2. The molecule has 3 nitrogen and oxygen atoms in total. The number of hydrogen-bond donors (Lipinski definition) is 1. The summed E-state index contributed by atoms with van der Waals surface area (Å²) in [6.45, 7) is 6.63. The highest BCUT2D eigenvalue weighted by Gasteiger charge is 2.16. The molecule has 0 aromatic heterocycles. The Morgan fingerprint density at radius 3 is 2.62 bits per heavy atom. The first kappa shape index (κ1) is 18.7. The van der Waals surface area contributed by atoms with Crippen LogP contribution in [0.15, 0.2) is 42.0 Å². The van der Waals surface area contributed by atoms with Gasteiger partial charge in [-0.1, -0.05) is 42.0 Å². The number of allylic oxidation sites excluding steroid dienone is 1. The second kappa shape index (κ2) is 10.3. The number of carbonyl (C=O) groups is 1. The van der Waals surface area contributed by atoms with Crippen molar-refractivity contribution in [2.75, 3.05) is 13.1 Å². The Balaban J connectivity index is 1.69. The normalized spacial score (nSPS) is 14.5. The molecule has 1 aliphatic rings. The van der Waals surface area contributed by atoms with E-state index in [4.69, 9.17) is 0 Å². The number of rotatable bonds is 9. The van der Waals surface area contributed by atoms with Crippen LogP contribution in [0.3, 0.4) is 0 Å². The summed E-state index contributed by atoms with van der Waals surface area (Å²) in [5.74, 6) is 0.234. The molecule has 2 rings (SSSR count). The van der Waals surface area contributed by atoms with Gasteiger partial charge in [0.15, 0.2) is 0 Å². The molecule has 132 valence electrons. The van der Waals surface area contributed by atoms with E-state index in [0.29, 0.717) is 13.0 Å². The third-order valence-corrected chi connectivity index (χ3v) is 4.66. The van der Waals surface area contributed by atoms with Crippen molar-refractivity contribution in [1.82, 2.24) is 10.2 Å². The predicted molar refractivity (Wildman–Crippen MR) is 101 cm³/mol. The van der Waals surface area contributed by atoms with Crippen molar-refractivity contribution in [3.63, 3.8) is 0 Å². The predicted octanol–water partition coefficient (Wildman–Crippen LogP) is 4.29. The molecule has 0 atom stereocenters. The van der Waals surface area contributed by atoms with Crippen LogP contribution < -0.4 is 5.32 Å². The Hall–Kier alpha value is -1.61. The van der Waals surface area contributed by atoms with E-state index in [-0.39, 0.29) is 11.9 Å². The van der Waals surface area contributed by atoms with Crippen LogP contribution in [-0.4, -0.2) is 29.9 Å². The van der Waals surface area contributed by atoms with Gasteiger partial charge in [0, 0.05) is 25.6 Å². The first-order chi connectivity index (χ1) is 11.7. The van der Waals surface area contributed by atoms with E-state index in [2.05, 4.69) is 37.4 Å². The lowest BCUT2D eigenvalue weighted by Gasteiger charge is -2.27. The molecular formula is C21H32N2O. The molecule has 0 spiro atoms. The van der Waals surface area contributed by atoms with Gasteiger partial charge in [-0.25, -0.2) is 0 Å². The Labute approximate surface area is 147 Å². The average Bonchev–Trinajstić information content (AvgIpc) is 2.60. The maximum atomic E-state index is 12.5. The molecule has 0 aliphatic heterocycles. The van der Waals surface area contributed by atoms with E-state index in [1.165, 1.54) is 31.2 Å². The first-order valence-electron chi connectivity index (χ1n) is 9.39. The van der Waals surface area contributed by atoms with E-state index >= 15 is 0 Å². The van der Waals surface area contributed by atoms with Crippen LogP contribution in [0.5, 0.6) is 0 Å².